The molecular formula is C20H22ClN5O. The van der Waals surface area contributed by atoms with Crippen LogP contribution in [0.3, 0.4) is 0 Å². The van der Waals surface area contributed by atoms with Crippen molar-refractivity contribution in [1.29, 1.82) is 0 Å². The first-order valence-corrected chi connectivity index (χ1v) is 9.45. The number of ether oxygens (including phenoxy) is 1. The molecule has 27 heavy (non-hydrogen) atoms. The zero-order valence-electron chi connectivity index (χ0n) is 14.9. The number of piperidine rings is 1. The van der Waals surface area contributed by atoms with Gasteiger partial charge < -0.3 is 15.8 Å². The van der Waals surface area contributed by atoms with Crippen molar-refractivity contribution in [3.63, 3.8) is 0 Å². The molecule has 2 aromatic heterocycles. The predicted molar refractivity (Wildman–Crippen MR) is 107 cm³/mol. The van der Waals surface area contributed by atoms with Crippen LogP contribution in [-0.4, -0.2) is 27.9 Å². The summed E-state index contributed by atoms with van der Waals surface area (Å²) in [4.78, 5) is 4.29. The predicted octanol–water partition coefficient (Wildman–Crippen LogP) is 3.68. The summed E-state index contributed by atoms with van der Waals surface area (Å²) in [6.07, 6.45) is 7.89. The fraction of sp³-hybridized carbons (Fsp3) is 0.300. The highest BCUT2D eigenvalue weighted by Gasteiger charge is 2.16. The van der Waals surface area contributed by atoms with Crippen molar-refractivity contribution in [3.05, 3.63) is 59.5 Å². The average molecular weight is 384 g/mol. The molecule has 0 amide bonds. The smallest absolute Gasteiger partial charge is 0.166 e. The highest BCUT2D eigenvalue weighted by Crippen LogP contribution is 2.29. The molecule has 0 saturated carbocycles. The second kappa shape index (κ2) is 7.98. The molecule has 140 valence electrons. The van der Waals surface area contributed by atoms with E-state index in [-0.39, 0.29) is 0 Å². The topological polar surface area (TPSA) is 78.0 Å². The molecule has 0 radical (unpaired) electrons. The maximum absolute atomic E-state index is 5.99. The van der Waals surface area contributed by atoms with Gasteiger partial charge in [-0.1, -0.05) is 23.7 Å². The van der Waals surface area contributed by atoms with Gasteiger partial charge in [0.05, 0.1) is 12.2 Å². The molecule has 1 aliphatic heterocycles. The number of anilines is 1. The summed E-state index contributed by atoms with van der Waals surface area (Å²) < 4.78 is 7.94. The minimum absolute atomic E-state index is 0.374. The minimum atomic E-state index is 0.374. The second-order valence-electron chi connectivity index (χ2n) is 6.71. The Morgan fingerprint density at radius 1 is 1.15 bits per heavy atom. The third-order valence-electron chi connectivity index (χ3n) is 4.81. The van der Waals surface area contributed by atoms with Crippen molar-refractivity contribution in [1.82, 2.24) is 20.1 Å². The number of benzene rings is 1. The molecule has 0 unspecified atom stereocenters. The van der Waals surface area contributed by atoms with E-state index >= 15 is 0 Å². The molecule has 3 N–H and O–H groups in total. The van der Waals surface area contributed by atoms with E-state index in [4.69, 9.17) is 22.1 Å². The SMILES string of the molecule is Nc1ncc(-c2cnn(C3CCNCC3)c2)cc1OCc1ccc(Cl)cc1. The number of pyridine rings is 1. The molecule has 0 atom stereocenters. The summed E-state index contributed by atoms with van der Waals surface area (Å²) in [5.41, 5.74) is 8.96. The van der Waals surface area contributed by atoms with E-state index in [9.17, 15) is 0 Å². The highest BCUT2D eigenvalue weighted by atomic mass is 35.5. The molecular weight excluding hydrogens is 362 g/mol. The van der Waals surface area contributed by atoms with Crippen molar-refractivity contribution >= 4 is 17.4 Å². The zero-order chi connectivity index (χ0) is 18.6. The highest BCUT2D eigenvalue weighted by molar-refractivity contribution is 6.30. The summed E-state index contributed by atoms with van der Waals surface area (Å²) in [6.45, 7) is 2.47. The fourth-order valence-electron chi connectivity index (χ4n) is 3.23. The van der Waals surface area contributed by atoms with Crippen LogP contribution >= 0.6 is 11.6 Å². The fourth-order valence-corrected chi connectivity index (χ4v) is 3.35. The van der Waals surface area contributed by atoms with E-state index < -0.39 is 0 Å². The number of hydrogen-bond acceptors (Lipinski definition) is 5. The Bertz CT molecular complexity index is 903. The first kappa shape index (κ1) is 17.8. The van der Waals surface area contributed by atoms with Gasteiger partial charge >= 0.3 is 0 Å². The molecule has 1 aromatic carbocycles. The Hall–Kier alpha value is -2.57. The summed E-state index contributed by atoms with van der Waals surface area (Å²) in [5.74, 6) is 0.940. The van der Waals surface area contributed by atoms with Gasteiger partial charge in [0.15, 0.2) is 11.6 Å². The third kappa shape index (κ3) is 4.23. The lowest BCUT2D eigenvalue weighted by Gasteiger charge is -2.22. The maximum Gasteiger partial charge on any atom is 0.166 e. The van der Waals surface area contributed by atoms with Gasteiger partial charge in [0.25, 0.3) is 0 Å². The average Bonchev–Trinajstić information content (AvgIpc) is 3.19. The molecule has 1 aliphatic rings. The first-order chi connectivity index (χ1) is 13.2. The van der Waals surface area contributed by atoms with E-state index in [0.717, 1.165) is 42.6 Å². The molecule has 3 heterocycles. The van der Waals surface area contributed by atoms with Crippen molar-refractivity contribution < 1.29 is 4.74 Å². The molecule has 4 rings (SSSR count). The van der Waals surface area contributed by atoms with Crippen LogP contribution in [0.5, 0.6) is 5.75 Å². The standard InChI is InChI=1S/C20H22ClN5O/c21-17-3-1-14(2-4-17)13-27-19-9-15(10-24-20(19)22)16-11-25-26(12-16)18-5-7-23-8-6-18/h1-4,9-12,18,23H,5-8,13H2,(H2,22,24). The van der Waals surface area contributed by atoms with E-state index in [1.807, 2.05) is 36.5 Å². The van der Waals surface area contributed by atoms with Gasteiger partial charge in [0, 0.05) is 28.5 Å². The Labute approximate surface area is 163 Å². The molecule has 1 fully saturated rings. The largest absolute Gasteiger partial charge is 0.485 e. The van der Waals surface area contributed by atoms with E-state index in [0.29, 0.717) is 29.2 Å². The molecule has 0 aliphatic carbocycles. The number of hydrogen-bond donors (Lipinski definition) is 2. The molecule has 3 aromatic rings. The van der Waals surface area contributed by atoms with Crippen LogP contribution in [0.2, 0.25) is 5.02 Å². The Morgan fingerprint density at radius 2 is 1.93 bits per heavy atom. The van der Waals surface area contributed by atoms with E-state index in [1.54, 1.807) is 6.20 Å². The molecule has 0 bridgehead atoms. The molecule has 7 heteroatoms. The van der Waals surface area contributed by atoms with Crippen LogP contribution in [0.1, 0.15) is 24.4 Å². The van der Waals surface area contributed by atoms with E-state index in [2.05, 4.69) is 26.3 Å². The van der Waals surface area contributed by atoms with Crippen LogP contribution < -0.4 is 15.8 Å². The van der Waals surface area contributed by atoms with Gasteiger partial charge in [-0.3, -0.25) is 4.68 Å². The Kier molecular flexibility index (Phi) is 5.27. The monoisotopic (exact) mass is 383 g/mol. The summed E-state index contributed by atoms with van der Waals surface area (Å²) in [7, 11) is 0. The number of nitrogen functional groups attached to an aromatic ring is 1. The van der Waals surface area contributed by atoms with Crippen molar-refractivity contribution in [2.45, 2.75) is 25.5 Å². The number of nitrogens with one attached hydrogen (secondary N) is 1. The Balaban J connectivity index is 1.50. The van der Waals surface area contributed by atoms with Gasteiger partial charge in [-0.15, -0.1) is 0 Å². The number of nitrogens with zero attached hydrogens (tertiary/aromatic N) is 3. The lowest BCUT2D eigenvalue weighted by molar-refractivity contribution is 0.307. The zero-order valence-corrected chi connectivity index (χ0v) is 15.7. The number of rotatable bonds is 5. The molecule has 0 spiro atoms. The van der Waals surface area contributed by atoms with Crippen molar-refractivity contribution in [2.24, 2.45) is 0 Å². The van der Waals surface area contributed by atoms with Gasteiger partial charge in [-0.2, -0.15) is 5.10 Å². The molecule has 6 nitrogen and oxygen atoms in total. The van der Waals surface area contributed by atoms with Crippen LogP contribution in [0.4, 0.5) is 5.82 Å². The summed E-state index contributed by atoms with van der Waals surface area (Å²) in [6, 6.07) is 9.91. The van der Waals surface area contributed by atoms with Crippen LogP contribution in [0.25, 0.3) is 11.1 Å². The Morgan fingerprint density at radius 3 is 2.70 bits per heavy atom. The van der Waals surface area contributed by atoms with Gasteiger partial charge in [0.1, 0.15) is 6.61 Å². The van der Waals surface area contributed by atoms with Crippen LogP contribution in [0, 0.1) is 0 Å². The second-order valence-corrected chi connectivity index (χ2v) is 7.15. The number of nitrogens with two attached hydrogens (primary N) is 1. The lowest BCUT2D eigenvalue weighted by atomic mass is 10.1. The summed E-state index contributed by atoms with van der Waals surface area (Å²) >= 11 is 5.92. The summed E-state index contributed by atoms with van der Waals surface area (Å²) in [5, 5.41) is 8.63. The third-order valence-corrected chi connectivity index (χ3v) is 5.06. The normalized spacial score (nSPS) is 15.0. The number of halogens is 1. The minimum Gasteiger partial charge on any atom is -0.485 e. The van der Waals surface area contributed by atoms with E-state index in [1.165, 1.54) is 0 Å². The lowest BCUT2D eigenvalue weighted by Crippen LogP contribution is -2.29. The van der Waals surface area contributed by atoms with Gasteiger partial charge in [-0.25, -0.2) is 4.98 Å². The van der Waals surface area contributed by atoms with Crippen molar-refractivity contribution in [2.75, 3.05) is 18.8 Å². The number of aromatic nitrogens is 3. The van der Waals surface area contributed by atoms with Crippen molar-refractivity contribution in [3.8, 4) is 16.9 Å². The van der Waals surface area contributed by atoms with Crippen LogP contribution in [-0.2, 0) is 6.61 Å². The quantitative estimate of drug-likeness (QED) is 0.702. The first-order valence-electron chi connectivity index (χ1n) is 9.07. The van der Waals surface area contributed by atoms with Gasteiger partial charge in [-0.05, 0) is 49.7 Å². The van der Waals surface area contributed by atoms with Crippen LogP contribution in [0.15, 0.2) is 48.9 Å². The molecule has 1 saturated heterocycles. The maximum atomic E-state index is 5.99. The van der Waals surface area contributed by atoms with Gasteiger partial charge in [0.2, 0.25) is 0 Å².